The number of rotatable bonds is 8. The Bertz CT molecular complexity index is 871. The summed E-state index contributed by atoms with van der Waals surface area (Å²) in [6, 6.07) is 7.07. The maximum absolute atomic E-state index is 11.9. The Hall–Kier alpha value is -2.81. The molecular weight excluding hydrogens is 390 g/mol. The predicted molar refractivity (Wildman–Crippen MR) is 113 cm³/mol. The maximum Gasteiger partial charge on any atom is 0.318 e. The minimum absolute atomic E-state index is 0.0757. The van der Waals surface area contributed by atoms with Crippen LogP contribution in [0.3, 0.4) is 0 Å². The van der Waals surface area contributed by atoms with Gasteiger partial charge in [-0.2, -0.15) is 0 Å². The van der Waals surface area contributed by atoms with Gasteiger partial charge in [0.05, 0.1) is 5.25 Å². The maximum atomic E-state index is 11.9. The quantitative estimate of drug-likeness (QED) is 0.504. The summed E-state index contributed by atoms with van der Waals surface area (Å²) < 4.78 is 7.67. The van der Waals surface area contributed by atoms with Crippen LogP contribution >= 0.6 is 11.8 Å². The first-order valence-electron chi connectivity index (χ1n) is 9.15. The molecule has 0 fully saturated rings. The monoisotopic (exact) mass is 417 g/mol. The van der Waals surface area contributed by atoms with E-state index in [0.717, 1.165) is 5.75 Å². The van der Waals surface area contributed by atoms with Crippen molar-refractivity contribution in [3.05, 3.63) is 48.3 Å². The molecule has 2 aromatic rings. The molecule has 0 unspecified atom stereocenters. The first-order valence-corrected chi connectivity index (χ1v) is 10.0. The van der Waals surface area contributed by atoms with Crippen LogP contribution in [-0.2, 0) is 23.4 Å². The highest BCUT2D eigenvalue weighted by Crippen LogP contribution is 2.26. The number of benzene rings is 1. The number of urea groups is 1. The van der Waals surface area contributed by atoms with E-state index in [2.05, 4.69) is 42.9 Å². The number of carbonyl (C=O) groups excluding carboxylic acids is 2. The van der Waals surface area contributed by atoms with Crippen LogP contribution in [0.4, 0.5) is 4.79 Å². The zero-order valence-corrected chi connectivity index (χ0v) is 18.0. The van der Waals surface area contributed by atoms with E-state index in [4.69, 9.17) is 10.5 Å². The number of primary amides is 1. The van der Waals surface area contributed by atoms with Gasteiger partial charge in [-0.3, -0.25) is 14.7 Å². The van der Waals surface area contributed by atoms with Gasteiger partial charge in [0.25, 0.3) is 0 Å². The summed E-state index contributed by atoms with van der Waals surface area (Å²) in [5, 5.41) is 10.3. The number of nitrogens with zero attached hydrogens (tertiary/aromatic N) is 3. The van der Waals surface area contributed by atoms with Gasteiger partial charge < -0.3 is 10.5 Å². The van der Waals surface area contributed by atoms with Crippen LogP contribution in [-0.4, -0.2) is 32.0 Å². The summed E-state index contributed by atoms with van der Waals surface area (Å²) in [6.45, 7) is 12.6. The van der Waals surface area contributed by atoms with Crippen LogP contribution in [0.2, 0.25) is 0 Å². The van der Waals surface area contributed by atoms with Crippen molar-refractivity contribution in [3.63, 3.8) is 0 Å². The van der Waals surface area contributed by atoms with Crippen molar-refractivity contribution < 1.29 is 14.3 Å². The molecule has 156 valence electrons. The van der Waals surface area contributed by atoms with E-state index in [1.165, 1.54) is 17.3 Å². The number of thioether (sulfide) groups is 1. The van der Waals surface area contributed by atoms with E-state index < -0.39 is 17.2 Å². The topological polar surface area (TPSA) is 112 Å². The van der Waals surface area contributed by atoms with Crippen molar-refractivity contribution in [3.8, 4) is 5.75 Å². The lowest BCUT2D eigenvalue weighted by atomic mass is 9.87. The second-order valence-corrected chi connectivity index (χ2v) is 8.78. The minimum atomic E-state index is -0.887. The molecule has 0 bridgehead atoms. The van der Waals surface area contributed by atoms with Crippen molar-refractivity contribution in [1.29, 1.82) is 0 Å². The van der Waals surface area contributed by atoms with E-state index in [1.54, 1.807) is 13.0 Å². The van der Waals surface area contributed by atoms with Gasteiger partial charge in [0.15, 0.2) is 11.0 Å². The van der Waals surface area contributed by atoms with Gasteiger partial charge in [-0.1, -0.05) is 50.7 Å². The molecule has 1 atom stereocenters. The molecule has 1 aromatic carbocycles. The third-order valence-electron chi connectivity index (χ3n) is 4.09. The Balaban J connectivity index is 2.08. The summed E-state index contributed by atoms with van der Waals surface area (Å²) in [7, 11) is 0. The largest absolute Gasteiger partial charge is 0.486 e. The highest BCUT2D eigenvalue weighted by molar-refractivity contribution is 8.00. The summed E-state index contributed by atoms with van der Waals surface area (Å²) in [5.74, 6) is 0.844. The Labute approximate surface area is 174 Å². The Morgan fingerprint density at radius 3 is 2.52 bits per heavy atom. The third kappa shape index (κ3) is 6.35. The standard InChI is InChI=1S/C20H27N5O3S/c1-6-11-25-16(12-28-15-9-7-14(8-10-15)20(3,4)5)23-24-19(25)29-13(2)17(26)22-18(21)27/h6-10,13H,1,11-12H2,2-5H3,(H3,21,22,26,27)/t13-/m0/s1. The molecule has 0 saturated heterocycles. The molecule has 0 aliphatic heterocycles. The summed E-state index contributed by atoms with van der Waals surface area (Å²) >= 11 is 1.17. The average molecular weight is 418 g/mol. The van der Waals surface area contributed by atoms with Crippen molar-refractivity contribution in [2.24, 2.45) is 5.73 Å². The first kappa shape index (κ1) is 22.5. The number of hydrogen-bond donors (Lipinski definition) is 2. The van der Waals surface area contributed by atoms with Crippen LogP contribution in [0.25, 0.3) is 0 Å². The van der Waals surface area contributed by atoms with E-state index in [-0.39, 0.29) is 12.0 Å². The number of imide groups is 1. The van der Waals surface area contributed by atoms with E-state index >= 15 is 0 Å². The lowest BCUT2D eigenvalue weighted by Crippen LogP contribution is -2.39. The lowest BCUT2D eigenvalue weighted by molar-refractivity contribution is -0.119. The molecule has 29 heavy (non-hydrogen) atoms. The van der Waals surface area contributed by atoms with Crippen molar-refractivity contribution in [2.45, 2.75) is 56.7 Å². The number of allylic oxidation sites excluding steroid dienone is 1. The van der Waals surface area contributed by atoms with Crippen molar-refractivity contribution in [2.75, 3.05) is 0 Å². The van der Waals surface area contributed by atoms with Gasteiger partial charge in [-0.25, -0.2) is 4.79 Å². The number of nitrogens with two attached hydrogens (primary N) is 1. The fourth-order valence-electron chi connectivity index (χ4n) is 2.46. The number of carbonyl (C=O) groups is 2. The SMILES string of the molecule is C=CCn1c(COc2ccc(C(C)(C)C)cc2)nnc1S[C@@H](C)C(=O)NC(N)=O. The van der Waals surface area contributed by atoms with Gasteiger partial charge in [0.2, 0.25) is 5.91 Å². The van der Waals surface area contributed by atoms with Crippen molar-refractivity contribution >= 4 is 23.7 Å². The van der Waals surface area contributed by atoms with E-state index in [9.17, 15) is 9.59 Å². The highest BCUT2D eigenvalue weighted by Gasteiger charge is 2.21. The summed E-state index contributed by atoms with van der Waals surface area (Å²) in [6.07, 6.45) is 1.71. The molecule has 9 heteroatoms. The number of hydrogen-bond acceptors (Lipinski definition) is 6. The molecule has 8 nitrogen and oxygen atoms in total. The molecule has 3 amide bonds. The number of ether oxygens (including phenoxy) is 1. The van der Waals surface area contributed by atoms with Crippen LogP contribution in [0.1, 0.15) is 39.1 Å². The number of nitrogens with one attached hydrogen (secondary N) is 1. The first-order chi connectivity index (χ1) is 13.6. The van der Waals surface area contributed by atoms with Gasteiger partial charge in [-0.05, 0) is 30.0 Å². The van der Waals surface area contributed by atoms with Crippen molar-refractivity contribution in [1.82, 2.24) is 20.1 Å². The van der Waals surface area contributed by atoms with Gasteiger partial charge in [0, 0.05) is 6.54 Å². The molecule has 0 radical (unpaired) electrons. The van der Waals surface area contributed by atoms with Crippen LogP contribution < -0.4 is 15.8 Å². The van der Waals surface area contributed by atoms with Gasteiger partial charge >= 0.3 is 6.03 Å². The number of aromatic nitrogens is 3. The summed E-state index contributed by atoms with van der Waals surface area (Å²) in [4.78, 5) is 22.8. The molecule has 1 aromatic heterocycles. The molecule has 1 heterocycles. The van der Waals surface area contributed by atoms with Crippen LogP contribution in [0.5, 0.6) is 5.75 Å². The fourth-order valence-corrected chi connectivity index (χ4v) is 3.34. The van der Waals surface area contributed by atoms with E-state index in [1.807, 2.05) is 28.8 Å². The second kappa shape index (κ2) is 9.60. The normalized spacial score (nSPS) is 12.3. The molecule has 3 N–H and O–H groups in total. The average Bonchev–Trinajstić information content (AvgIpc) is 3.01. The molecular formula is C20H27N5O3S. The molecule has 0 saturated carbocycles. The summed E-state index contributed by atoms with van der Waals surface area (Å²) in [5.41, 5.74) is 6.29. The molecule has 0 spiro atoms. The molecule has 0 aliphatic carbocycles. The van der Waals surface area contributed by atoms with E-state index in [0.29, 0.717) is 17.5 Å². The Morgan fingerprint density at radius 1 is 1.31 bits per heavy atom. The highest BCUT2D eigenvalue weighted by atomic mass is 32.2. The lowest BCUT2D eigenvalue weighted by Gasteiger charge is -2.19. The van der Waals surface area contributed by atoms with Crippen LogP contribution in [0.15, 0.2) is 42.1 Å². The second-order valence-electron chi connectivity index (χ2n) is 7.47. The minimum Gasteiger partial charge on any atom is -0.486 e. The molecule has 2 rings (SSSR count). The van der Waals surface area contributed by atoms with Crippen LogP contribution in [0, 0.1) is 0 Å². The predicted octanol–water partition coefficient (Wildman–Crippen LogP) is 3.02. The number of amides is 3. The fraction of sp³-hybridized carbons (Fsp3) is 0.400. The zero-order valence-electron chi connectivity index (χ0n) is 17.1. The Kier molecular flexibility index (Phi) is 7.44. The smallest absolute Gasteiger partial charge is 0.318 e. The zero-order chi connectivity index (χ0) is 21.6. The molecule has 0 aliphatic rings. The Morgan fingerprint density at radius 2 is 1.97 bits per heavy atom. The third-order valence-corrected chi connectivity index (χ3v) is 5.17. The van der Waals surface area contributed by atoms with Gasteiger partial charge in [-0.15, -0.1) is 16.8 Å². The van der Waals surface area contributed by atoms with Gasteiger partial charge in [0.1, 0.15) is 12.4 Å².